The molecule has 1 unspecified atom stereocenters. The van der Waals surface area contributed by atoms with Gasteiger partial charge < -0.3 is 10.0 Å². The van der Waals surface area contributed by atoms with Crippen molar-refractivity contribution in [1.29, 1.82) is 0 Å². The Morgan fingerprint density at radius 2 is 2.11 bits per heavy atom. The van der Waals surface area contributed by atoms with E-state index in [1.807, 2.05) is 13.8 Å². The van der Waals surface area contributed by atoms with Crippen molar-refractivity contribution in [2.24, 2.45) is 5.92 Å². The Balaban J connectivity index is 2.60. The predicted octanol–water partition coefficient (Wildman–Crippen LogP) is 1.94. The highest BCUT2D eigenvalue weighted by Crippen LogP contribution is 2.23. The fraction of sp³-hybridized carbons (Fsp3) is 0.545. The Labute approximate surface area is 110 Å². The zero-order chi connectivity index (χ0) is 13.9. The molecule has 0 radical (unpaired) electrons. The van der Waals surface area contributed by atoms with Gasteiger partial charge in [-0.3, -0.25) is 10.1 Å². The maximum Gasteiger partial charge on any atom is 0.322 e. The number of carbonyl (C=O) groups excluding carboxylic acids is 1. The topological polar surface area (TPSA) is 82.5 Å². The Morgan fingerprint density at radius 3 is 2.56 bits per heavy atom. The molecule has 7 heteroatoms. The second-order valence-corrected chi connectivity index (χ2v) is 5.40. The molecule has 0 aliphatic heterocycles. The number of hydrogen-bond donors (Lipinski definition) is 2. The first-order chi connectivity index (χ1) is 8.31. The van der Waals surface area contributed by atoms with E-state index >= 15 is 0 Å². The largest absolute Gasteiger partial charge is 0.481 e. The number of carbonyl (C=O) groups is 2. The Bertz CT molecular complexity index is 458. The molecule has 2 amide bonds. The van der Waals surface area contributed by atoms with Gasteiger partial charge in [0.1, 0.15) is 5.00 Å². The van der Waals surface area contributed by atoms with Crippen LogP contribution in [0.1, 0.15) is 17.6 Å². The minimum Gasteiger partial charge on any atom is -0.481 e. The molecule has 0 aliphatic carbocycles. The molecule has 0 saturated carbocycles. The van der Waals surface area contributed by atoms with E-state index in [2.05, 4.69) is 10.3 Å². The molecule has 6 nitrogen and oxygen atoms in total. The Hall–Kier alpha value is -1.63. The average molecular weight is 271 g/mol. The first kappa shape index (κ1) is 14.4. The summed E-state index contributed by atoms with van der Waals surface area (Å²) in [4.78, 5) is 28.1. The van der Waals surface area contributed by atoms with Gasteiger partial charge in [0.05, 0.1) is 16.6 Å². The first-order valence-corrected chi connectivity index (χ1v) is 6.32. The van der Waals surface area contributed by atoms with Crippen molar-refractivity contribution in [2.45, 2.75) is 20.8 Å². The van der Waals surface area contributed by atoms with Gasteiger partial charge in [0.25, 0.3) is 0 Å². The summed E-state index contributed by atoms with van der Waals surface area (Å²) in [5, 5.41) is 13.1. The van der Waals surface area contributed by atoms with E-state index in [-0.39, 0.29) is 12.6 Å². The highest BCUT2D eigenvalue weighted by molar-refractivity contribution is 7.16. The van der Waals surface area contributed by atoms with Crippen LogP contribution in [-0.2, 0) is 4.79 Å². The van der Waals surface area contributed by atoms with Crippen LogP contribution < -0.4 is 5.32 Å². The number of carboxylic acid groups (broad SMARTS) is 1. The van der Waals surface area contributed by atoms with Crippen LogP contribution in [0.3, 0.4) is 0 Å². The third-order valence-electron chi connectivity index (χ3n) is 2.44. The highest BCUT2D eigenvalue weighted by atomic mass is 32.1. The van der Waals surface area contributed by atoms with E-state index in [1.165, 1.54) is 16.2 Å². The lowest BCUT2D eigenvalue weighted by atomic mass is 10.2. The number of anilines is 1. The fourth-order valence-electron chi connectivity index (χ4n) is 1.41. The van der Waals surface area contributed by atoms with Crippen molar-refractivity contribution in [3.8, 4) is 0 Å². The van der Waals surface area contributed by atoms with Gasteiger partial charge in [0.2, 0.25) is 0 Å². The summed E-state index contributed by atoms with van der Waals surface area (Å²) in [6, 6.07) is -0.324. The molecule has 1 aromatic rings. The van der Waals surface area contributed by atoms with Crippen molar-refractivity contribution in [3.05, 3.63) is 10.7 Å². The minimum absolute atomic E-state index is 0.165. The van der Waals surface area contributed by atoms with Crippen LogP contribution in [0.25, 0.3) is 0 Å². The number of amides is 2. The van der Waals surface area contributed by atoms with Gasteiger partial charge in [-0.05, 0) is 13.8 Å². The van der Waals surface area contributed by atoms with Crippen molar-refractivity contribution in [1.82, 2.24) is 9.88 Å². The molecule has 1 heterocycles. The number of rotatable bonds is 4. The summed E-state index contributed by atoms with van der Waals surface area (Å²) < 4.78 is 0. The third kappa shape index (κ3) is 3.69. The smallest absolute Gasteiger partial charge is 0.322 e. The monoisotopic (exact) mass is 271 g/mol. The van der Waals surface area contributed by atoms with E-state index in [9.17, 15) is 9.59 Å². The zero-order valence-electron chi connectivity index (χ0n) is 10.9. The van der Waals surface area contributed by atoms with Crippen molar-refractivity contribution >= 4 is 28.3 Å². The molecule has 0 saturated heterocycles. The van der Waals surface area contributed by atoms with E-state index in [1.54, 1.807) is 14.0 Å². The summed E-state index contributed by atoms with van der Waals surface area (Å²) in [5.74, 6) is -1.51. The second-order valence-electron chi connectivity index (χ2n) is 4.20. The number of aryl methyl sites for hydroxylation is 2. The quantitative estimate of drug-likeness (QED) is 0.876. The van der Waals surface area contributed by atoms with Gasteiger partial charge in [-0.2, -0.15) is 0 Å². The summed E-state index contributed by atoms with van der Waals surface area (Å²) in [6.45, 7) is 5.41. The molecule has 1 aromatic heterocycles. The Morgan fingerprint density at radius 1 is 1.50 bits per heavy atom. The molecular formula is C11H17N3O3S. The number of urea groups is 1. The first-order valence-electron chi connectivity index (χ1n) is 5.50. The van der Waals surface area contributed by atoms with Gasteiger partial charge in [0, 0.05) is 13.6 Å². The van der Waals surface area contributed by atoms with Crippen LogP contribution in [0.15, 0.2) is 0 Å². The number of carboxylic acids is 1. The minimum atomic E-state index is -0.917. The molecule has 100 valence electrons. The molecule has 0 aromatic carbocycles. The van der Waals surface area contributed by atoms with Crippen LogP contribution in [-0.4, -0.2) is 40.6 Å². The van der Waals surface area contributed by atoms with Crippen LogP contribution in [0.4, 0.5) is 9.80 Å². The van der Waals surface area contributed by atoms with Gasteiger partial charge in [-0.1, -0.05) is 6.92 Å². The van der Waals surface area contributed by atoms with Crippen LogP contribution >= 0.6 is 11.3 Å². The molecule has 0 spiro atoms. The summed E-state index contributed by atoms with van der Waals surface area (Å²) >= 11 is 1.40. The molecule has 0 aliphatic rings. The summed E-state index contributed by atoms with van der Waals surface area (Å²) in [6.07, 6.45) is 0. The molecule has 0 fully saturated rings. The number of nitrogens with zero attached hydrogens (tertiary/aromatic N) is 2. The fourth-order valence-corrected chi connectivity index (χ4v) is 2.22. The lowest BCUT2D eigenvalue weighted by Crippen LogP contribution is -2.36. The van der Waals surface area contributed by atoms with E-state index in [0.29, 0.717) is 5.00 Å². The normalized spacial score (nSPS) is 12.0. The van der Waals surface area contributed by atoms with Crippen molar-refractivity contribution in [3.63, 3.8) is 0 Å². The van der Waals surface area contributed by atoms with E-state index in [0.717, 1.165) is 10.7 Å². The molecule has 0 bridgehead atoms. The highest BCUT2D eigenvalue weighted by Gasteiger charge is 2.18. The van der Waals surface area contributed by atoms with Crippen molar-refractivity contribution in [2.75, 3.05) is 18.9 Å². The zero-order valence-corrected chi connectivity index (χ0v) is 11.7. The molecule has 18 heavy (non-hydrogen) atoms. The van der Waals surface area contributed by atoms with E-state index in [4.69, 9.17) is 5.11 Å². The number of aromatic nitrogens is 1. The maximum absolute atomic E-state index is 11.8. The van der Waals surface area contributed by atoms with Gasteiger partial charge in [-0.15, -0.1) is 11.3 Å². The standard InChI is InChI=1S/C11H17N3O3S/c1-6(10(15)16)5-14(4)11(17)13-9-7(2)12-8(3)18-9/h6H,5H2,1-4H3,(H,13,17)(H,15,16). The van der Waals surface area contributed by atoms with Crippen molar-refractivity contribution < 1.29 is 14.7 Å². The van der Waals surface area contributed by atoms with Gasteiger partial charge >= 0.3 is 12.0 Å². The lowest BCUT2D eigenvalue weighted by Gasteiger charge is -2.19. The molecule has 1 atom stereocenters. The van der Waals surface area contributed by atoms with E-state index < -0.39 is 11.9 Å². The maximum atomic E-state index is 11.8. The molecule has 2 N–H and O–H groups in total. The average Bonchev–Trinajstić information content (AvgIpc) is 2.56. The number of nitrogens with one attached hydrogen (secondary N) is 1. The number of hydrogen-bond acceptors (Lipinski definition) is 4. The second kappa shape index (κ2) is 5.81. The van der Waals surface area contributed by atoms with Crippen LogP contribution in [0.5, 0.6) is 0 Å². The predicted molar refractivity (Wildman–Crippen MR) is 70.0 cm³/mol. The van der Waals surface area contributed by atoms with Gasteiger partial charge in [0.15, 0.2) is 0 Å². The third-order valence-corrected chi connectivity index (χ3v) is 3.43. The summed E-state index contributed by atoms with van der Waals surface area (Å²) in [7, 11) is 1.57. The van der Waals surface area contributed by atoms with Crippen LogP contribution in [0.2, 0.25) is 0 Å². The SMILES string of the molecule is Cc1nc(C)c(NC(=O)N(C)CC(C)C(=O)O)s1. The van der Waals surface area contributed by atoms with Gasteiger partial charge in [-0.25, -0.2) is 9.78 Å². The molecular weight excluding hydrogens is 254 g/mol. The number of thiazole rings is 1. The number of aliphatic carboxylic acids is 1. The lowest BCUT2D eigenvalue weighted by molar-refractivity contribution is -0.141. The van der Waals surface area contributed by atoms with Crippen LogP contribution in [0, 0.1) is 19.8 Å². The summed E-state index contributed by atoms with van der Waals surface area (Å²) in [5.41, 5.74) is 0.769. The Kier molecular flexibility index (Phi) is 4.66. The molecule has 1 rings (SSSR count).